The second-order valence-electron chi connectivity index (χ2n) is 2.36. The molecule has 0 unspecified atom stereocenters. The molecule has 0 radical (unpaired) electrons. The number of halogens is 3. The molecule has 0 aliphatic carbocycles. The number of rotatable bonds is 2. The third-order valence-corrected chi connectivity index (χ3v) is 1.58. The highest BCUT2D eigenvalue weighted by atomic mass is 19.3. The van der Waals surface area contributed by atoms with Gasteiger partial charge in [0.1, 0.15) is 0 Å². The first-order valence-electron chi connectivity index (χ1n) is 3.39. The fraction of sp³-hybridized carbons (Fsp3) is 0.286. The summed E-state index contributed by atoms with van der Waals surface area (Å²) in [6, 6.07) is 0. The Morgan fingerprint density at radius 2 is 2.15 bits per heavy atom. The van der Waals surface area contributed by atoms with Gasteiger partial charge in [-0.3, -0.25) is 0 Å². The molecular weight excluding hydrogens is 185 g/mol. The number of nitrogens with zero attached hydrogens (tertiary/aromatic N) is 1. The Hall–Kier alpha value is -1.30. The summed E-state index contributed by atoms with van der Waals surface area (Å²) in [4.78, 5) is 3.05. The van der Waals surface area contributed by atoms with Crippen molar-refractivity contribution in [2.24, 2.45) is 0 Å². The molecule has 6 heteroatoms. The predicted molar refractivity (Wildman–Crippen MR) is 39.5 cm³/mol. The van der Waals surface area contributed by atoms with E-state index in [0.29, 0.717) is 0 Å². The summed E-state index contributed by atoms with van der Waals surface area (Å²) in [7, 11) is 0. The van der Waals surface area contributed by atoms with Crippen LogP contribution >= 0.6 is 0 Å². The van der Waals surface area contributed by atoms with Crippen LogP contribution in [0.3, 0.4) is 0 Å². The third kappa shape index (κ3) is 1.72. The number of alkyl halides is 2. The Balaban J connectivity index is 3.30. The summed E-state index contributed by atoms with van der Waals surface area (Å²) < 4.78 is 37.0. The second-order valence-corrected chi connectivity index (χ2v) is 2.36. The largest absolute Gasteiger partial charge is 0.398 e. The molecule has 0 atom stereocenters. The minimum absolute atomic E-state index is 0.00306. The predicted octanol–water partition coefficient (Wildman–Crippen LogP) is 1.23. The van der Waals surface area contributed by atoms with E-state index in [-0.39, 0.29) is 5.56 Å². The monoisotopic (exact) mass is 192 g/mol. The zero-order chi connectivity index (χ0) is 10.0. The van der Waals surface area contributed by atoms with Crippen molar-refractivity contribution >= 4 is 5.69 Å². The maximum Gasteiger partial charge on any atom is 0.270 e. The van der Waals surface area contributed by atoms with Crippen LogP contribution in [0.5, 0.6) is 0 Å². The van der Waals surface area contributed by atoms with Crippen molar-refractivity contribution in [3.05, 3.63) is 23.3 Å². The maximum atomic E-state index is 12.7. The number of aliphatic hydroxyl groups excluding tert-OH is 1. The average molecular weight is 192 g/mol. The molecule has 0 aromatic carbocycles. The van der Waals surface area contributed by atoms with E-state index in [1.807, 2.05) is 0 Å². The molecule has 1 heterocycles. The van der Waals surface area contributed by atoms with Gasteiger partial charge < -0.3 is 10.8 Å². The molecule has 1 rings (SSSR count). The number of aliphatic hydroxyl groups is 1. The molecule has 0 aliphatic heterocycles. The molecule has 72 valence electrons. The topological polar surface area (TPSA) is 59.1 Å². The minimum Gasteiger partial charge on any atom is -0.398 e. The van der Waals surface area contributed by atoms with Crippen LogP contribution in [-0.4, -0.2) is 10.1 Å². The molecule has 0 saturated heterocycles. The SMILES string of the molecule is Nc1c(CO)cnc(F)c1C(F)F. The number of aromatic nitrogens is 1. The van der Waals surface area contributed by atoms with Crippen molar-refractivity contribution in [2.75, 3.05) is 5.73 Å². The Bertz CT molecular complexity index is 317. The van der Waals surface area contributed by atoms with E-state index in [2.05, 4.69) is 4.98 Å². The summed E-state index contributed by atoms with van der Waals surface area (Å²) >= 11 is 0. The fourth-order valence-electron chi connectivity index (χ4n) is 0.891. The Morgan fingerprint density at radius 3 is 2.62 bits per heavy atom. The summed E-state index contributed by atoms with van der Waals surface area (Å²) in [6.07, 6.45) is -2.10. The average Bonchev–Trinajstić information content (AvgIpc) is 2.04. The number of hydrogen-bond donors (Lipinski definition) is 2. The zero-order valence-corrected chi connectivity index (χ0v) is 6.47. The van der Waals surface area contributed by atoms with Crippen LogP contribution in [0.15, 0.2) is 6.20 Å². The molecule has 0 amide bonds. The lowest BCUT2D eigenvalue weighted by Crippen LogP contribution is -2.05. The van der Waals surface area contributed by atoms with E-state index in [9.17, 15) is 13.2 Å². The molecule has 3 nitrogen and oxygen atoms in total. The molecule has 1 aromatic heterocycles. The van der Waals surface area contributed by atoms with Crippen molar-refractivity contribution in [3.8, 4) is 0 Å². The van der Waals surface area contributed by atoms with Crippen LogP contribution in [0.25, 0.3) is 0 Å². The molecule has 0 aliphatic rings. The van der Waals surface area contributed by atoms with E-state index in [4.69, 9.17) is 10.8 Å². The summed E-state index contributed by atoms with van der Waals surface area (Å²) in [6.45, 7) is -0.543. The van der Waals surface area contributed by atoms with Crippen molar-refractivity contribution < 1.29 is 18.3 Å². The minimum atomic E-state index is -3.03. The van der Waals surface area contributed by atoms with Gasteiger partial charge in [0.25, 0.3) is 6.43 Å². The summed E-state index contributed by atoms with van der Waals surface area (Å²) in [5.41, 5.74) is 3.78. The molecule has 1 aromatic rings. The van der Waals surface area contributed by atoms with Gasteiger partial charge in [-0.1, -0.05) is 0 Å². The lowest BCUT2D eigenvalue weighted by molar-refractivity contribution is 0.145. The molecule has 0 saturated carbocycles. The van der Waals surface area contributed by atoms with Crippen LogP contribution < -0.4 is 5.73 Å². The summed E-state index contributed by atoms with van der Waals surface area (Å²) in [5, 5.41) is 8.63. The Labute approximate surface area is 72.0 Å². The van der Waals surface area contributed by atoms with Gasteiger partial charge in [0, 0.05) is 11.8 Å². The smallest absolute Gasteiger partial charge is 0.270 e. The van der Waals surface area contributed by atoms with Gasteiger partial charge in [-0.05, 0) is 0 Å². The van der Waals surface area contributed by atoms with Crippen LogP contribution in [0.2, 0.25) is 0 Å². The third-order valence-electron chi connectivity index (χ3n) is 1.58. The zero-order valence-electron chi connectivity index (χ0n) is 6.47. The van der Waals surface area contributed by atoms with E-state index in [1.165, 1.54) is 0 Å². The van der Waals surface area contributed by atoms with Gasteiger partial charge in [0.15, 0.2) is 0 Å². The van der Waals surface area contributed by atoms with Gasteiger partial charge in [0.05, 0.1) is 17.9 Å². The maximum absolute atomic E-state index is 12.7. The molecule has 0 spiro atoms. The first-order valence-corrected chi connectivity index (χ1v) is 3.39. The lowest BCUT2D eigenvalue weighted by atomic mass is 10.1. The Morgan fingerprint density at radius 1 is 1.54 bits per heavy atom. The molecule has 0 fully saturated rings. The highest BCUT2D eigenvalue weighted by molar-refractivity contribution is 5.52. The standard InChI is InChI=1S/C7H7F3N2O/c8-6(9)4-5(11)3(2-13)1-12-7(4)10/h1,6,13H,2H2,(H2,11,12). The van der Waals surface area contributed by atoms with E-state index < -0.39 is 30.2 Å². The van der Waals surface area contributed by atoms with Crippen LogP contribution in [-0.2, 0) is 6.61 Å². The number of nitrogens with two attached hydrogens (primary N) is 1. The Kier molecular flexibility index (Phi) is 2.72. The van der Waals surface area contributed by atoms with Gasteiger partial charge in [-0.2, -0.15) is 4.39 Å². The fourth-order valence-corrected chi connectivity index (χ4v) is 0.891. The van der Waals surface area contributed by atoms with Crippen molar-refractivity contribution in [2.45, 2.75) is 13.0 Å². The van der Waals surface area contributed by atoms with Gasteiger partial charge in [0.2, 0.25) is 5.95 Å². The molecular formula is C7H7F3N2O. The van der Waals surface area contributed by atoms with Gasteiger partial charge >= 0.3 is 0 Å². The first kappa shape index (κ1) is 9.79. The number of hydrogen-bond acceptors (Lipinski definition) is 3. The lowest BCUT2D eigenvalue weighted by Gasteiger charge is -2.08. The van der Waals surface area contributed by atoms with Gasteiger partial charge in [-0.15, -0.1) is 0 Å². The molecule has 0 bridgehead atoms. The van der Waals surface area contributed by atoms with Crippen LogP contribution in [0.1, 0.15) is 17.6 Å². The van der Waals surface area contributed by atoms with Gasteiger partial charge in [-0.25, -0.2) is 13.8 Å². The van der Waals surface area contributed by atoms with Crippen LogP contribution in [0, 0.1) is 5.95 Å². The van der Waals surface area contributed by atoms with Crippen molar-refractivity contribution in [1.82, 2.24) is 4.98 Å². The normalized spacial score (nSPS) is 10.8. The van der Waals surface area contributed by atoms with E-state index in [1.54, 1.807) is 0 Å². The number of anilines is 1. The van der Waals surface area contributed by atoms with E-state index >= 15 is 0 Å². The highest BCUT2D eigenvalue weighted by Gasteiger charge is 2.20. The number of nitrogen functional groups attached to an aromatic ring is 1. The quantitative estimate of drug-likeness (QED) is 0.693. The highest BCUT2D eigenvalue weighted by Crippen LogP contribution is 2.28. The van der Waals surface area contributed by atoms with Crippen LogP contribution in [0.4, 0.5) is 18.9 Å². The van der Waals surface area contributed by atoms with E-state index in [0.717, 1.165) is 6.20 Å². The second kappa shape index (κ2) is 3.61. The number of pyridine rings is 1. The molecule has 3 N–H and O–H groups in total. The first-order chi connectivity index (χ1) is 6.07. The summed E-state index contributed by atoms with van der Waals surface area (Å²) in [5.74, 6) is -1.30. The van der Waals surface area contributed by atoms with Crippen molar-refractivity contribution in [3.63, 3.8) is 0 Å². The van der Waals surface area contributed by atoms with Crippen molar-refractivity contribution in [1.29, 1.82) is 0 Å². The molecule has 13 heavy (non-hydrogen) atoms.